The highest BCUT2D eigenvalue weighted by Crippen LogP contribution is 2.18. The smallest absolute Gasteiger partial charge is 0.307 e. The van der Waals surface area contributed by atoms with Crippen molar-refractivity contribution < 1.29 is 19.1 Å². The van der Waals surface area contributed by atoms with Crippen LogP contribution in [-0.2, 0) is 18.3 Å². The summed E-state index contributed by atoms with van der Waals surface area (Å²) < 4.78 is 15.4. The first-order chi connectivity index (χ1) is 10.8. The summed E-state index contributed by atoms with van der Waals surface area (Å²) in [5.74, 6) is -2.01. The number of benzene rings is 1. The van der Waals surface area contributed by atoms with Gasteiger partial charge in [0, 0.05) is 18.4 Å². The van der Waals surface area contributed by atoms with Gasteiger partial charge < -0.3 is 10.4 Å². The second kappa shape index (κ2) is 6.60. The van der Waals surface area contributed by atoms with E-state index in [1.54, 1.807) is 17.8 Å². The van der Waals surface area contributed by atoms with Crippen molar-refractivity contribution in [2.75, 3.05) is 5.32 Å². The van der Waals surface area contributed by atoms with Gasteiger partial charge in [0.15, 0.2) is 5.69 Å². The number of carbonyl (C=O) groups excluding carboxylic acids is 1. The average Bonchev–Trinajstić information content (AvgIpc) is 2.84. The van der Waals surface area contributed by atoms with Gasteiger partial charge in [-0.1, -0.05) is 19.9 Å². The van der Waals surface area contributed by atoms with Crippen LogP contribution in [-0.4, -0.2) is 26.8 Å². The van der Waals surface area contributed by atoms with E-state index < -0.39 is 24.1 Å². The van der Waals surface area contributed by atoms with Gasteiger partial charge in [-0.25, -0.2) is 4.39 Å². The molecule has 0 saturated heterocycles. The molecule has 0 fully saturated rings. The van der Waals surface area contributed by atoms with Gasteiger partial charge in [0.2, 0.25) is 0 Å². The highest BCUT2D eigenvalue weighted by atomic mass is 19.1. The first-order valence-corrected chi connectivity index (χ1v) is 7.13. The summed E-state index contributed by atoms with van der Waals surface area (Å²) in [5.41, 5.74) is 1.47. The van der Waals surface area contributed by atoms with E-state index in [9.17, 15) is 14.0 Å². The van der Waals surface area contributed by atoms with Gasteiger partial charge >= 0.3 is 5.97 Å². The Hall–Kier alpha value is -2.70. The Balaban J connectivity index is 2.15. The van der Waals surface area contributed by atoms with Crippen LogP contribution >= 0.6 is 0 Å². The maximum atomic E-state index is 13.8. The number of aromatic nitrogens is 2. The number of carbonyl (C=O) groups is 2. The molecule has 1 aromatic carbocycles. The molecule has 122 valence electrons. The lowest BCUT2D eigenvalue weighted by molar-refractivity contribution is -0.136. The number of hydrogen-bond acceptors (Lipinski definition) is 3. The molecule has 0 unspecified atom stereocenters. The topological polar surface area (TPSA) is 84.2 Å². The maximum Gasteiger partial charge on any atom is 0.307 e. The number of amides is 1. The molecule has 0 saturated carbocycles. The number of hydrogen-bond donors (Lipinski definition) is 2. The zero-order chi connectivity index (χ0) is 17.1. The molecule has 2 aromatic rings. The van der Waals surface area contributed by atoms with Crippen LogP contribution < -0.4 is 5.32 Å². The molecule has 0 aliphatic rings. The van der Waals surface area contributed by atoms with Gasteiger partial charge in [-0.2, -0.15) is 5.10 Å². The molecule has 7 heteroatoms. The van der Waals surface area contributed by atoms with Gasteiger partial charge in [-0.3, -0.25) is 14.3 Å². The first-order valence-electron chi connectivity index (χ1n) is 7.13. The van der Waals surface area contributed by atoms with Crippen LogP contribution in [0.25, 0.3) is 0 Å². The van der Waals surface area contributed by atoms with Crippen molar-refractivity contribution in [3.8, 4) is 0 Å². The van der Waals surface area contributed by atoms with Crippen molar-refractivity contribution in [2.45, 2.75) is 26.2 Å². The SMILES string of the molecule is CC(C)c1cc(C(=O)Nc2ccc(CC(=O)O)c(F)c2)nn1C. The van der Waals surface area contributed by atoms with Crippen LogP contribution in [0.1, 0.15) is 41.5 Å². The average molecular weight is 319 g/mol. The quantitative estimate of drug-likeness (QED) is 0.887. The molecule has 23 heavy (non-hydrogen) atoms. The number of anilines is 1. The van der Waals surface area contributed by atoms with E-state index in [1.807, 2.05) is 13.8 Å². The van der Waals surface area contributed by atoms with E-state index in [-0.39, 0.29) is 22.9 Å². The fourth-order valence-corrected chi connectivity index (χ4v) is 2.26. The Morgan fingerprint density at radius 2 is 2.04 bits per heavy atom. The van der Waals surface area contributed by atoms with Crippen LogP contribution in [0.3, 0.4) is 0 Å². The highest BCUT2D eigenvalue weighted by molar-refractivity contribution is 6.03. The Bertz CT molecular complexity index is 753. The molecule has 1 heterocycles. The Kier molecular flexibility index (Phi) is 4.78. The molecule has 2 N–H and O–H groups in total. The molecule has 0 atom stereocenters. The lowest BCUT2D eigenvalue weighted by atomic mass is 10.1. The minimum atomic E-state index is -1.12. The van der Waals surface area contributed by atoms with Crippen LogP contribution in [0.4, 0.5) is 10.1 Å². The molecular weight excluding hydrogens is 301 g/mol. The fraction of sp³-hybridized carbons (Fsp3) is 0.312. The largest absolute Gasteiger partial charge is 0.481 e. The summed E-state index contributed by atoms with van der Waals surface area (Å²) >= 11 is 0. The Morgan fingerprint density at radius 1 is 1.35 bits per heavy atom. The zero-order valence-corrected chi connectivity index (χ0v) is 13.1. The second-order valence-electron chi connectivity index (χ2n) is 5.56. The number of rotatable bonds is 5. The molecule has 1 amide bonds. The molecule has 0 radical (unpaired) electrons. The fourth-order valence-electron chi connectivity index (χ4n) is 2.26. The normalized spacial score (nSPS) is 10.8. The standard InChI is InChI=1S/C16H18FN3O3/c1-9(2)14-8-13(19-20(14)3)16(23)18-11-5-4-10(6-15(21)22)12(17)7-11/h4-5,7-9H,6H2,1-3H3,(H,18,23)(H,21,22). The van der Waals surface area contributed by atoms with Crippen molar-refractivity contribution in [2.24, 2.45) is 7.05 Å². The van der Waals surface area contributed by atoms with Gasteiger partial charge in [0.1, 0.15) is 5.82 Å². The van der Waals surface area contributed by atoms with E-state index in [4.69, 9.17) is 5.11 Å². The minimum absolute atomic E-state index is 0.0652. The summed E-state index contributed by atoms with van der Waals surface area (Å²) in [6.07, 6.45) is -0.405. The van der Waals surface area contributed by atoms with E-state index in [2.05, 4.69) is 10.4 Å². The van der Waals surface area contributed by atoms with Crippen molar-refractivity contribution in [1.29, 1.82) is 0 Å². The third kappa shape index (κ3) is 3.94. The molecule has 0 bridgehead atoms. The summed E-state index contributed by atoms with van der Waals surface area (Å²) in [4.78, 5) is 22.8. The van der Waals surface area contributed by atoms with E-state index in [0.29, 0.717) is 0 Å². The first kappa shape index (κ1) is 16.7. The van der Waals surface area contributed by atoms with E-state index >= 15 is 0 Å². The second-order valence-corrected chi connectivity index (χ2v) is 5.56. The summed E-state index contributed by atoms with van der Waals surface area (Å²) in [7, 11) is 1.76. The number of nitrogens with one attached hydrogen (secondary N) is 1. The van der Waals surface area contributed by atoms with Crippen LogP contribution in [0.2, 0.25) is 0 Å². The number of carboxylic acid groups (broad SMARTS) is 1. The number of nitrogens with zero attached hydrogens (tertiary/aromatic N) is 2. The molecule has 1 aromatic heterocycles. The molecule has 0 aliphatic carbocycles. The predicted molar refractivity (Wildman–Crippen MR) is 83.0 cm³/mol. The van der Waals surface area contributed by atoms with E-state index in [1.165, 1.54) is 12.1 Å². The van der Waals surface area contributed by atoms with Gasteiger partial charge in [0.05, 0.1) is 6.42 Å². The number of aliphatic carboxylic acids is 1. The number of halogens is 1. The lowest BCUT2D eigenvalue weighted by Crippen LogP contribution is -2.13. The monoisotopic (exact) mass is 319 g/mol. The zero-order valence-electron chi connectivity index (χ0n) is 13.1. The minimum Gasteiger partial charge on any atom is -0.481 e. The number of aryl methyl sites for hydroxylation is 1. The van der Waals surface area contributed by atoms with E-state index in [0.717, 1.165) is 11.8 Å². The number of carboxylic acids is 1. The predicted octanol–water partition coefficient (Wildman–Crippen LogP) is 2.56. The summed E-state index contributed by atoms with van der Waals surface area (Å²) in [6, 6.07) is 5.60. The van der Waals surface area contributed by atoms with Crippen LogP contribution in [0.15, 0.2) is 24.3 Å². The van der Waals surface area contributed by atoms with Gasteiger partial charge in [0.25, 0.3) is 5.91 Å². The summed E-state index contributed by atoms with van der Waals surface area (Å²) in [6.45, 7) is 3.99. The molecule has 0 spiro atoms. The Labute approximate surface area is 132 Å². The molecule has 2 rings (SSSR count). The summed E-state index contributed by atoms with van der Waals surface area (Å²) in [5, 5.41) is 15.4. The third-order valence-electron chi connectivity index (χ3n) is 3.39. The van der Waals surface area contributed by atoms with Crippen molar-refractivity contribution in [1.82, 2.24) is 9.78 Å². The van der Waals surface area contributed by atoms with Crippen molar-refractivity contribution in [3.05, 3.63) is 47.0 Å². The Morgan fingerprint density at radius 3 is 2.57 bits per heavy atom. The van der Waals surface area contributed by atoms with Crippen LogP contribution in [0, 0.1) is 5.82 Å². The maximum absolute atomic E-state index is 13.8. The molecule has 6 nitrogen and oxygen atoms in total. The van der Waals surface area contributed by atoms with Gasteiger partial charge in [-0.05, 0) is 29.7 Å². The molecular formula is C16H18FN3O3. The highest BCUT2D eigenvalue weighted by Gasteiger charge is 2.15. The van der Waals surface area contributed by atoms with Crippen molar-refractivity contribution in [3.63, 3.8) is 0 Å². The third-order valence-corrected chi connectivity index (χ3v) is 3.39. The van der Waals surface area contributed by atoms with Crippen LogP contribution in [0.5, 0.6) is 0 Å². The van der Waals surface area contributed by atoms with Crippen molar-refractivity contribution >= 4 is 17.6 Å². The van der Waals surface area contributed by atoms with Gasteiger partial charge in [-0.15, -0.1) is 0 Å². The lowest BCUT2D eigenvalue weighted by Gasteiger charge is -2.05. The molecule has 0 aliphatic heterocycles.